The molecule has 0 fully saturated rings. The van der Waals surface area contributed by atoms with Crippen molar-refractivity contribution < 1.29 is 0 Å². The van der Waals surface area contributed by atoms with E-state index in [1.807, 2.05) is 10.7 Å². The molecule has 2 rings (SSSR count). The summed E-state index contributed by atoms with van der Waals surface area (Å²) in [6, 6.07) is 6.09. The summed E-state index contributed by atoms with van der Waals surface area (Å²) >= 11 is 7.01. The molecule has 0 radical (unpaired) electrons. The number of benzene rings is 1. The van der Waals surface area contributed by atoms with Gasteiger partial charge in [0.05, 0.1) is 6.04 Å². The normalized spacial score (nSPS) is 12.9. The second-order valence-corrected chi connectivity index (χ2v) is 7.21. The molecule has 0 saturated carbocycles. The monoisotopic (exact) mass is 415 g/mol. The molecule has 114 valence electrons. The first-order chi connectivity index (χ1) is 9.99. The van der Waals surface area contributed by atoms with Gasteiger partial charge in [0.2, 0.25) is 0 Å². The van der Waals surface area contributed by atoms with E-state index in [0.717, 1.165) is 26.9 Å². The highest BCUT2D eigenvalue weighted by Crippen LogP contribution is 2.25. The van der Waals surface area contributed by atoms with E-state index >= 15 is 0 Å². The highest BCUT2D eigenvalue weighted by Gasteiger charge is 2.16. The fourth-order valence-electron chi connectivity index (χ4n) is 2.18. The van der Waals surface area contributed by atoms with Gasteiger partial charge < -0.3 is 0 Å². The van der Waals surface area contributed by atoms with Crippen molar-refractivity contribution >= 4 is 31.9 Å². The van der Waals surface area contributed by atoms with E-state index in [1.54, 1.807) is 6.33 Å². The molecule has 0 aliphatic rings. The standard InChI is InChI=1S/C14H19Br2N5/c1-9(2)7-21-14(18-8-19-21)6-13(20-17)10-3-11(15)5-12(16)4-10/h3-5,8-9,13,20H,6-7,17H2,1-2H3. The Kier molecular flexibility index (Phi) is 5.92. The maximum atomic E-state index is 5.73. The van der Waals surface area contributed by atoms with Gasteiger partial charge in [0.15, 0.2) is 0 Å². The van der Waals surface area contributed by atoms with Crippen molar-refractivity contribution in [1.29, 1.82) is 0 Å². The first kappa shape index (κ1) is 16.6. The topological polar surface area (TPSA) is 68.8 Å². The lowest BCUT2D eigenvalue weighted by molar-refractivity contribution is 0.446. The van der Waals surface area contributed by atoms with E-state index in [0.29, 0.717) is 12.3 Å². The zero-order valence-corrected chi connectivity index (χ0v) is 15.2. The molecule has 2 aromatic rings. The average molecular weight is 417 g/mol. The number of aromatic nitrogens is 3. The summed E-state index contributed by atoms with van der Waals surface area (Å²) in [5.74, 6) is 7.19. The summed E-state index contributed by atoms with van der Waals surface area (Å²) in [6.45, 7) is 5.18. The minimum Gasteiger partial charge on any atom is -0.271 e. The number of rotatable bonds is 6. The zero-order valence-electron chi connectivity index (χ0n) is 12.1. The molecule has 0 aliphatic heterocycles. The molecule has 21 heavy (non-hydrogen) atoms. The second kappa shape index (κ2) is 7.49. The van der Waals surface area contributed by atoms with Crippen molar-refractivity contribution in [1.82, 2.24) is 20.2 Å². The molecular weight excluding hydrogens is 398 g/mol. The molecule has 1 atom stereocenters. The number of hydrogen-bond donors (Lipinski definition) is 2. The second-order valence-electron chi connectivity index (χ2n) is 5.38. The fraction of sp³-hybridized carbons (Fsp3) is 0.429. The minimum atomic E-state index is -0.0195. The Morgan fingerprint density at radius 2 is 1.90 bits per heavy atom. The number of hydrogen-bond acceptors (Lipinski definition) is 4. The number of nitrogens with one attached hydrogen (secondary N) is 1. The third-order valence-corrected chi connectivity index (χ3v) is 4.02. The summed E-state index contributed by atoms with van der Waals surface area (Å²) in [4.78, 5) is 4.36. The maximum absolute atomic E-state index is 5.73. The number of halogens is 2. The Morgan fingerprint density at radius 3 is 2.48 bits per heavy atom. The molecule has 0 bridgehead atoms. The van der Waals surface area contributed by atoms with Crippen LogP contribution in [0, 0.1) is 5.92 Å². The van der Waals surface area contributed by atoms with Crippen molar-refractivity contribution in [2.24, 2.45) is 11.8 Å². The van der Waals surface area contributed by atoms with Gasteiger partial charge in [0.1, 0.15) is 12.2 Å². The van der Waals surface area contributed by atoms with Gasteiger partial charge in [-0.3, -0.25) is 11.3 Å². The molecule has 3 N–H and O–H groups in total. The lowest BCUT2D eigenvalue weighted by atomic mass is 10.0. The maximum Gasteiger partial charge on any atom is 0.138 e. The van der Waals surface area contributed by atoms with Crippen LogP contribution >= 0.6 is 31.9 Å². The first-order valence-electron chi connectivity index (χ1n) is 6.78. The molecule has 1 heterocycles. The van der Waals surface area contributed by atoms with Crippen LogP contribution in [0.25, 0.3) is 0 Å². The molecule has 1 aromatic carbocycles. The number of hydrazine groups is 1. The predicted octanol–water partition coefficient (Wildman–Crippen LogP) is 3.21. The van der Waals surface area contributed by atoms with Gasteiger partial charge in [0.25, 0.3) is 0 Å². The number of nitrogens with two attached hydrogens (primary N) is 1. The van der Waals surface area contributed by atoms with Gasteiger partial charge in [-0.25, -0.2) is 9.67 Å². The molecule has 0 saturated heterocycles. The van der Waals surface area contributed by atoms with Crippen molar-refractivity contribution in [2.75, 3.05) is 0 Å². The van der Waals surface area contributed by atoms with E-state index in [9.17, 15) is 0 Å². The number of nitrogens with zero attached hydrogens (tertiary/aromatic N) is 3. The van der Waals surface area contributed by atoms with Gasteiger partial charge in [-0.2, -0.15) is 5.10 Å². The van der Waals surface area contributed by atoms with E-state index in [-0.39, 0.29) is 6.04 Å². The minimum absolute atomic E-state index is 0.0195. The van der Waals surface area contributed by atoms with Crippen LogP contribution in [0.2, 0.25) is 0 Å². The molecule has 1 unspecified atom stereocenters. The summed E-state index contributed by atoms with van der Waals surface area (Å²) in [6.07, 6.45) is 2.29. The Balaban J connectivity index is 2.21. The van der Waals surface area contributed by atoms with E-state index in [2.05, 4.69) is 73.3 Å². The van der Waals surface area contributed by atoms with Gasteiger partial charge in [-0.15, -0.1) is 0 Å². The van der Waals surface area contributed by atoms with Gasteiger partial charge >= 0.3 is 0 Å². The van der Waals surface area contributed by atoms with E-state index < -0.39 is 0 Å². The summed E-state index contributed by atoms with van der Waals surface area (Å²) in [5.41, 5.74) is 3.96. The van der Waals surface area contributed by atoms with Crippen LogP contribution in [0.4, 0.5) is 0 Å². The van der Waals surface area contributed by atoms with Crippen LogP contribution in [0.5, 0.6) is 0 Å². The van der Waals surface area contributed by atoms with Crippen LogP contribution in [0.3, 0.4) is 0 Å². The summed E-state index contributed by atoms with van der Waals surface area (Å²) in [5, 5.41) is 4.29. The van der Waals surface area contributed by atoms with E-state index in [4.69, 9.17) is 5.84 Å². The largest absolute Gasteiger partial charge is 0.271 e. The Bertz CT molecular complexity index is 577. The van der Waals surface area contributed by atoms with E-state index in [1.165, 1.54) is 0 Å². The third kappa shape index (κ3) is 4.60. The molecule has 1 aromatic heterocycles. The molecule has 0 spiro atoms. The van der Waals surface area contributed by atoms with Crippen molar-refractivity contribution in [2.45, 2.75) is 32.9 Å². The van der Waals surface area contributed by atoms with Gasteiger partial charge in [0, 0.05) is 21.9 Å². The third-order valence-electron chi connectivity index (χ3n) is 3.11. The Morgan fingerprint density at radius 1 is 1.24 bits per heavy atom. The van der Waals surface area contributed by atoms with Crippen molar-refractivity contribution in [3.05, 3.63) is 44.9 Å². The smallest absolute Gasteiger partial charge is 0.138 e. The first-order valence-corrected chi connectivity index (χ1v) is 8.37. The molecular formula is C14H19Br2N5. The molecule has 0 aliphatic carbocycles. The SMILES string of the molecule is CC(C)Cn1ncnc1CC(NN)c1cc(Br)cc(Br)c1. The average Bonchev–Trinajstić information content (AvgIpc) is 2.81. The van der Waals surface area contributed by atoms with Crippen LogP contribution < -0.4 is 11.3 Å². The zero-order chi connectivity index (χ0) is 15.4. The Hall–Kier alpha value is -0.760. The van der Waals surface area contributed by atoms with Crippen molar-refractivity contribution in [3.63, 3.8) is 0 Å². The van der Waals surface area contributed by atoms with Crippen LogP contribution in [0.15, 0.2) is 33.5 Å². The summed E-state index contributed by atoms with van der Waals surface area (Å²) < 4.78 is 3.97. The Labute approximate surface area is 141 Å². The molecule has 5 nitrogen and oxygen atoms in total. The van der Waals surface area contributed by atoms with Crippen LogP contribution in [0.1, 0.15) is 31.3 Å². The summed E-state index contributed by atoms with van der Waals surface area (Å²) in [7, 11) is 0. The lowest BCUT2D eigenvalue weighted by Gasteiger charge is -2.17. The highest BCUT2D eigenvalue weighted by atomic mass is 79.9. The quantitative estimate of drug-likeness (QED) is 0.560. The van der Waals surface area contributed by atoms with Crippen LogP contribution in [-0.4, -0.2) is 14.8 Å². The van der Waals surface area contributed by atoms with Crippen molar-refractivity contribution in [3.8, 4) is 0 Å². The van der Waals surface area contributed by atoms with Crippen LogP contribution in [-0.2, 0) is 13.0 Å². The lowest BCUT2D eigenvalue weighted by Crippen LogP contribution is -2.30. The molecule has 7 heteroatoms. The van der Waals surface area contributed by atoms with Gasteiger partial charge in [-0.05, 0) is 29.7 Å². The molecule has 0 amide bonds. The van der Waals surface area contributed by atoms with Gasteiger partial charge in [-0.1, -0.05) is 45.7 Å². The fourth-order valence-corrected chi connectivity index (χ4v) is 3.51. The predicted molar refractivity (Wildman–Crippen MR) is 90.5 cm³/mol. The highest BCUT2D eigenvalue weighted by molar-refractivity contribution is 9.11.